The van der Waals surface area contributed by atoms with Crippen LogP contribution in [0.15, 0.2) is 54.7 Å². The number of hydrogen-bond donors (Lipinski definition) is 3. The number of carbonyl (C=O) groups is 1. The fourth-order valence-electron chi connectivity index (χ4n) is 2.97. The number of benzene rings is 2. The van der Waals surface area contributed by atoms with Crippen LogP contribution in [0, 0.1) is 5.75 Å². The highest BCUT2D eigenvalue weighted by molar-refractivity contribution is 8.01. The Kier molecular flexibility index (Phi) is 4.72. The number of fused-ring (bicyclic) bond motifs is 1. The molecule has 2 aromatic carbocycles. The minimum Gasteiger partial charge on any atom is -0.351 e. The number of H-pyrrole nitrogens is 1. The van der Waals surface area contributed by atoms with E-state index in [9.17, 15) is 4.79 Å². The van der Waals surface area contributed by atoms with Crippen molar-refractivity contribution in [1.29, 1.82) is 0 Å². The number of hydrogen-bond acceptors (Lipinski definition) is 4. The molecule has 1 aliphatic heterocycles. The lowest BCUT2D eigenvalue weighted by Gasteiger charge is -2.30. The van der Waals surface area contributed by atoms with Crippen LogP contribution in [0.3, 0.4) is 0 Å². The Balaban J connectivity index is 1.37. The Bertz CT molecular complexity index is 864. The third kappa shape index (κ3) is 3.70. The van der Waals surface area contributed by atoms with Crippen LogP contribution in [-0.2, 0) is 11.3 Å². The number of nitrogens with one attached hydrogen (secondary N) is 3. The molecule has 6 heteroatoms. The van der Waals surface area contributed by atoms with Crippen LogP contribution in [-0.4, -0.2) is 27.9 Å². The van der Waals surface area contributed by atoms with Crippen molar-refractivity contribution in [1.82, 2.24) is 20.8 Å². The first-order valence-corrected chi connectivity index (χ1v) is 9.30. The van der Waals surface area contributed by atoms with Crippen LogP contribution >= 0.6 is 11.8 Å². The lowest BCUT2D eigenvalue weighted by Crippen LogP contribution is -2.48. The zero-order valence-corrected chi connectivity index (χ0v) is 14.4. The predicted molar refractivity (Wildman–Crippen MR) is 101 cm³/mol. The molecule has 1 unspecified atom stereocenters. The van der Waals surface area contributed by atoms with Crippen molar-refractivity contribution in [3.63, 3.8) is 0 Å². The molecule has 3 aromatic rings. The molecule has 2 heterocycles. The maximum Gasteiger partial charge on any atom is 0.238 e. The highest BCUT2D eigenvalue weighted by atomic mass is 32.2. The van der Waals surface area contributed by atoms with Crippen LogP contribution in [0.4, 0.5) is 0 Å². The molecular weight excluding hydrogens is 332 g/mol. The summed E-state index contributed by atoms with van der Waals surface area (Å²) in [7, 11) is 0. The maximum atomic E-state index is 12.5. The zero-order chi connectivity index (χ0) is 17.1. The Hall–Kier alpha value is -2.31. The second kappa shape index (κ2) is 7.29. The first-order chi connectivity index (χ1) is 12.3. The van der Waals surface area contributed by atoms with Crippen LogP contribution in [0.1, 0.15) is 17.2 Å². The van der Waals surface area contributed by atoms with E-state index < -0.39 is 0 Å². The summed E-state index contributed by atoms with van der Waals surface area (Å²) in [6, 6.07) is 16.2. The van der Waals surface area contributed by atoms with Gasteiger partial charge in [0.1, 0.15) is 6.04 Å². The summed E-state index contributed by atoms with van der Waals surface area (Å²) in [5, 5.41) is 14.4. The zero-order valence-electron chi connectivity index (χ0n) is 13.6. The van der Waals surface area contributed by atoms with Gasteiger partial charge in [-0.3, -0.25) is 15.2 Å². The Morgan fingerprint density at radius 1 is 1.24 bits per heavy atom. The Morgan fingerprint density at radius 2 is 2.12 bits per heavy atom. The number of aromatic nitrogens is 2. The SMILES string of the molecule is O=C(NCc1ccc2[nH]ncc2c1)[C@@H]1[CH]SCC(c2ccccc2)N1. The summed E-state index contributed by atoms with van der Waals surface area (Å²) in [5.74, 6) is 2.92. The largest absolute Gasteiger partial charge is 0.351 e. The van der Waals surface area contributed by atoms with E-state index in [0.717, 1.165) is 22.2 Å². The van der Waals surface area contributed by atoms with Crippen molar-refractivity contribution in [3.8, 4) is 0 Å². The number of aromatic amines is 1. The third-order valence-electron chi connectivity index (χ3n) is 4.33. The quantitative estimate of drug-likeness (QED) is 0.676. The van der Waals surface area contributed by atoms with Gasteiger partial charge in [0.05, 0.1) is 11.7 Å². The molecular formula is C19H19N4OS. The molecule has 1 aliphatic rings. The van der Waals surface area contributed by atoms with Crippen molar-refractivity contribution < 1.29 is 4.79 Å². The summed E-state index contributed by atoms with van der Waals surface area (Å²) < 4.78 is 0. The minimum absolute atomic E-state index is 0.000390. The standard InChI is InChI=1S/C19H19N4OS/c24-19(20-9-13-6-7-16-15(8-13)10-21-23-16)18-12-25-11-17(22-18)14-4-2-1-3-5-14/h1-8,10,12,17-18,22H,9,11H2,(H,20,24)(H,21,23)/t17?,18-/m0/s1. The van der Waals surface area contributed by atoms with Gasteiger partial charge in [-0.25, -0.2) is 0 Å². The predicted octanol–water partition coefficient (Wildman–Crippen LogP) is 2.79. The van der Waals surface area contributed by atoms with Gasteiger partial charge in [0, 0.05) is 29.5 Å². The highest BCUT2D eigenvalue weighted by Crippen LogP contribution is 2.27. The van der Waals surface area contributed by atoms with Gasteiger partial charge in [-0.05, 0) is 23.3 Å². The Morgan fingerprint density at radius 3 is 3.00 bits per heavy atom. The van der Waals surface area contributed by atoms with Crippen molar-refractivity contribution in [2.45, 2.75) is 18.6 Å². The average molecular weight is 351 g/mol. The molecule has 0 spiro atoms. The molecule has 0 bridgehead atoms. The molecule has 1 aromatic heterocycles. The van der Waals surface area contributed by atoms with E-state index in [0.29, 0.717) is 6.54 Å². The number of nitrogens with zero attached hydrogens (tertiary/aromatic N) is 1. The first-order valence-electron chi connectivity index (χ1n) is 8.25. The second-order valence-electron chi connectivity index (χ2n) is 6.09. The molecule has 1 fully saturated rings. The van der Waals surface area contributed by atoms with Crippen LogP contribution in [0.5, 0.6) is 0 Å². The fourth-order valence-corrected chi connectivity index (χ4v) is 3.96. The fraction of sp³-hybridized carbons (Fsp3) is 0.211. The maximum absolute atomic E-state index is 12.5. The molecule has 25 heavy (non-hydrogen) atoms. The average Bonchev–Trinajstić information content (AvgIpc) is 3.15. The van der Waals surface area contributed by atoms with Crippen LogP contribution in [0.2, 0.25) is 0 Å². The molecule has 1 radical (unpaired) electrons. The van der Waals surface area contributed by atoms with Crippen molar-refractivity contribution >= 4 is 28.6 Å². The molecule has 4 rings (SSSR count). The highest BCUT2D eigenvalue weighted by Gasteiger charge is 2.27. The van der Waals surface area contributed by atoms with Crippen LogP contribution < -0.4 is 10.6 Å². The summed E-state index contributed by atoms with van der Waals surface area (Å²) in [6.45, 7) is 0.507. The monoisotopic (exact) mass is 351 g/mol. The third-order valence-corrected chi connectivity index (χ3v) is 5.32. The number of thioether (sulfide) groups is 1. The van der Waals surface area contributed by atoms with E-state index in [1.54, 1.807) is 18.0 Å². The summed E-state index contributed by atoms with van der Waals surface area (Å²) in [5.41, 5.74) is 3.27. The number of amides is 1. The molecule has 0 aliphatic carbocycles. The van der Waals surface area contributed by atoms with Gasteiger partial charge in [-0.15, -0.1) is 0 Å². The molecule has 3 N–H and O–H groups in total. The summed E-state index contributed by atoms with van der Waals surface area (Å²) in [4.78, 5) is 12.5. The van der Waals surface area contributed by atoms with E-state index in [4.69, 9.17) is 0 Å². The van der Waals surface area contributed by atoms with Crippen molar-refractivity contribution in [3.05, 3.63) is 71.6 Å². The van der Waals surface area contributed by atoms with Crippen molar-refractivity contribution in [2.24, 2.45) is 0 Å². The van der Waals surface area contributed by atoms with Gasteiger partial charge >= 0.3 is 0 Å². The van der Waals surface area contributed by atoms with E-state index in [-0.39, 0.29) is 18.0 Å². The van der Waals surface area contributed by atoms with Crippen molar-refractivity contribution in [2.75, 3.05) is 5.75 Å². The van der Waals surface area contributed by atoms with E-state index >= 15 is 0 Å². The van der Waals surface area contributed by atoms with Gasteiger partial charge < -0.3 is 5.32 Å². The molecule has 2 atom stereocenters. The number of carbonyl (C=O) groups excluding carboxylic acids is 1. The normalized spacial score (nSPS) is 20.5. The number of rotatable bonds is 4. The van der Waals surface area contributed by atoms with E-state index in [2.05, 4.69) is 33.0 Å². The van der Waals surface area contributed by atoms with Gasteiger partial charge in [-0.2, -0.15) is 16.9 Å². The first kappa shape index (κ1) is 16.2. The molecule has 127 valence electrons. The molecule has 0 saturated carbocycles. The second-order valence-corrected chi connectivity index (χ2v) is 7.03. The summed E-state index contributed by atoms with van der Waals surface area (Å²) in [6.07, 6.45) is 1.79. The molecule has 1 amide bonds. The smallest absolute Gasteiger partial charge is 0.238 e. The van der Waals surface area contributed by atoms with Crippen LogP contribution in [0.25, 0.3) is 10.9 Å². The van der Waals surface area contributed by atoms with Gasteiger partial charge in [0.25, 0.3) is 0 Å². The molecule has 5 nitrogen and oxygen atoms in total. The van der Waals surface area contributed by atoms with Gasteiger partial charge in [0.15, 0.2) is 0 Å². The van der Waals surface area contributed by atoms with Gasteiger partial charge in [-0.1, -0.05) is 36.4 Å². The topological polar surface area (TPSA) is 69.8 Å². The lowest BCUT2D eigenvalue weighted by molar-refractivity contribution is -0.122. The summed E-state index contributed by atoms with van der Waals surface area (Å²) >= 11 is 1.70. The van der Waals surface area contributed by atoms with Gasteiger partial charge in [0.2, 0.25) is 5.91 Å². The minimum atomic E-state index is -0.290. The molecule has 1 saturated heterocycles. The van der Waals surface area contributed by atoms with E-state index in [1.807, 2.05) is 42.2 Å². The van der Waals surface area contributed by atoms with E-state index in [1.165, 1.54) is 5.56 Å². The lowest BCUT2D eigenvalue weighted by atomic mass is 10.1. The Labute approximate surface area is 150 Å².